The zero-order valence-electron chi connectivity index (χ0n) is 10.2. The Morgan fingerprint density at radius 2 is 2.05 bits per heavy atom. The number of nitrogens with zero attached hydrogens (tertiary/aromatic N) is 1. The molecule has 2 N–H and O–H groups in total. The summed E-state index contributed by atoms with van der Waals surface area (Å²) in [6.07, 6.45) is 0. The largest absolute Gasteiger partial charge is 0.399 e. The molecule has 1 amide bonds. The molecule has 0 unspecified atom stereocenters. The maximum Gasteiger partial charge on any atom is 0.254 e. The lowest BCUT2D eigenvalue weighted by Crippen LogP contribution is -2.26. The molecule has 0 saturated carbocycles. The highest BCUT2D eigenvalue weighted by Gasteiger charge is 2.13. The first-order valence-electron chi connectivity index (χ1n) is 5.50. The van der Waals surface area contributed by atoms with E-state index in [9.17, 15) is 4.79 Å². The van der Waals surface area contributed by atoms with Crippen molar-refractivity contribution in [3.05, 3.63) is 49.0 Å². The highest BCUT2D eigenvalue weighted by Crippen LogP contribution is 2.23. The summed E-state index contributed by atoms with van der Waals surface area (Å²) in [5.74, 6) is -0.0460. The quantitative estimate of drug-likeness (QED) is 0.783. The molecule has 0 aliphatic carbocycles. The molecule has 1 aromatic carbocycles. The van der Waals surface area contributed by atoms with Gasteiger partial charge < -0.3 is 10.6 Å². The van der Waals surface area contributed by atoms with E-state index in [1.165, 1.54) is 0 Å². The summed E-state index contributed by atoms with van der Waals surface area (Å²) in [6.45, 7) is 0.577. The Bertz CT molecular complexity index is 592. The lowest BCUT2D eigenvalue weighted by atomic mass is 10.1. The monoisotopic (exact) mass is 402 g/mol. The zero-order valence-corrected chi connectivity index (χ0v) is 14.2. The van der Waals surface area contributed by atoms with Crippen LogP contribution >= 0.6 is 43.2 Å². The third-order valence-electron chi connectivity index (χ3n) is 2.56. The first kappa shape index (κ1) is 14.6. The predicted molar refractivity (Wildman–Crippen MR) is 86.4 cm³/mol. The molecule has 1 aromatic heterocycles. The summed E-state index contributed by atoms with van der Waals surface area (Å²) in [6, 6.07) is 7.25. The van der Waals surface area contributed by atoms with Crippen LogP contribution in [0.5, 0.6) is 0 Å². The topological polar surface area (TPSA) is 46.3 Å². The van der Waals surface area contributed by atoms with Gasteiger partial charge in [-0.05, 0) is 51.1 Å². The van der Waals surface area contributed by atoms with E-state index in [2.05, 4.69) is 31.9 Å². The molecule has 1 heterocycles. The van der Waals surface area contributed by atoms with E-state index in [1.807, 2.05) is 11.4 Å². The van der Waals surface area contributed by atoms with Crippen molar-refractivity contribution < 1.29 is 4.79 Å². The first-order valence-corrected chi connectivity index (χ1v) is 7.96. The maximum absolute atomic E-state index is 12.3. The van der Waals surface area contributed by atoms with Crippen molar-refractivity contribution in [2.24, 2.45) is 0 Å². The highest BCUT2D eigenvalue weighted by molar-refractivity contribution is 9.11. The molecule has 6 heteroatoms. The molecule has 0 saturated heterocycles. The number of hydrogen-bond acceptors (Lipinski definition) is 3. The first-order chi connectivity index (χ1) is 8.95. The van der Waals surface area contributed by atoms with Crippen molar-refractivity contribution in [1.82, 2.24) is 4.90 Å². The second kappa shape index (κ2) is 6.07. The lowest BCUT2D eigenvalue weighted by molar-refractivity contribution is 0.0785. The fourth-order valence-electron chi connectivity index (χ4n) is 1.73. The minimum atomic E-state index is -0.0460. The number of carbonyl (C=O) groups is 1. The summed E-state index contributed by atoms with van der Waals surface area (Å²) in [5.41, 5.74) is 8.02. The van der Waals surface area contributed by atoms with Gasteiger partial charge in [-0.15, -0.1) is 11.3 Å². The summed E-state index contributed by atoms with van der Waals surface area (Å²) in [5, 5.41) is 2.03. The second-order valence-electron chi connectivity index (χ2n) is 4.19. The van der Waals surface area contributed by atoms with E-state index < -0.39 is 0 Å². The van der Waals surface area contributed by atoms with Gasteiger partial charge in [-0.25, -0.2) is 0 Å². The van der Waals surface area contributed by atoms with Crippen LogP contribution in [-0.4, -0.2) is 17.9 Å². The molecule has 2 rings (SSSR count). The molecule has 2 aromatic rings. The number of rotatable bonds is 3. The zero-order chi connectivity index (χ0) is 14.0. The number of nitrogens with two attached hydrogens (primary N) is 1. The molecule has 3 nitrogen and oxygen atoms in total. The number of anilines is 1. The second-order valence-corrected chi connectivity index (χ2v) is 7.40. The minimum Gasteiger partial charge on any atom is -0.399 e. The van der Waals surface area contributed by atoms with Gasteiger partial charge in [0.1, 0.15) is 0 Å². The van der Waals surface area contributed by atoms with Gasteiger partial charge in [0, 0.05) is 29.3 Å². The number of hydrogen-bond donors (Lipinski definition) is 1. The van der Waals surface area contributed by atoms with E-state index in [4.69, 9.17) is 5.73 Å². The molecular formula is C13H12Br2N2OS. The third-order valence-corrected chi connectivity index (χ3v) is 4.57. The molecule has 0 fully saturated rings. The Kier molecular flexibility index (Phi) is 4.65. The van der Waals surface area contributed by atoms with Crippen LogP contribution in [0.4, 0.5) is 5.69 Å². The van der Waals surface area contributed by atoms with Crippen molar-refractivity contribution >= 4 is 54.8 Å². The van der Waals surface area contributed by atoms with Crippen molar-refractivity contribution in [1.29, 1.82) is 0 Å². The molecule has 0 atom stereocenters. The molecular weight excluding hydrogens is 392 g/mol. The van der Waals surface area contributed by atoms with Gasteiger partial charge in [-0.3, -0.25) is 4.79 Å². The molecule has 19 heavy (non-hydrogen) atoms. The Balaban J connectivity index is 2.14. The van der Waals surface area contributed by atoms with Crippen LogP contribution in [0.1, 0.15) is 15.9 Å². The van der Waals surface area contributed by atoms with Gasteiger partial charge in [-0.2, -0.15) is 0 Å². The smallest absolute Gasteiger partial charge is 0.254 e. The number of benzene rings is 1. The normalized spacial score (nSPS) is 10.5. The van der Waals surface area contributed by atoms with Gasteiger partial charge >= 0.3 is 0 Å². The van der Waals surface area contributed by atoms with Gasteiger partial charge in [0.25, 0.3) is 5.91 Å². The van der Waals surface area contributed by atoms with Crippen LogP contribution in [0, 0.1) is 0 Å². The van der Waals surface area contributed by atoms with E-state index in [0.717, 1.165) is 13.8 Å². The van der Waals surface area contributed by atoms with Crippen LogP contribution in [-0.2, 0) is 6.54 Å². The average Bonchev–Trinajstić information content (AvgIpc) is 2.72. The van der Waals surface area contributed by atoms with Gasteiger partial charge in [-0.1, -0.05) is 15.9 Å². The third kappa shape index (κ3) is 3.81. The summed E-state index contributed by atoms with van der Waals surface area (Å²) < 4.78 is 1.87. The number of halogens is 2. The van der Waals surface area contributed by atoms with Crippen LogP contribution in [0.25, 0.3) is 0 Å². The molecule has 0 spiro atoms. The number of amides is 1. The fraction of sp³-hybridized carbons (Fsp3) is 0.154. The number of thiophene rings is 1. The van der Waals surface area contributed by atoms with Gasteiger partial charge in [0.05, 0.1) is 3.79 Å². The maximum atomic E-state index is 12.3. The minimum absolute atomic E-state index is 0.0460. The van der Waals surface area contributed by atoms with E-state index >= 15 is 0 Å². The van der Waals surface area contributed by atoms with Crippen molar-refractivity contribution in [3.8, 4) is 0 Å². The van der Waals surface area contributed by atoms with Crippen LogP contribution in [0.15, 0.2) is 37.9 Å². The van der Waals surface area contributed by atoms with Crippen molar-refractivity contribution in [3.63, 3.8) is 0 Å². The fourth-order valence-corrected chi connectivity index (χ4v) is 3.44. The van der Waals surface area contributed by atoms with Crippen LogP contribution in [0.3, 0.4) is 0 Å². The SMILES string of the molecule is CN(Cc1csc(Br)c1)C(=O)c1cc(N)cc(Br)c1. The van der Waals surface area contributed by atoms with Crippen LogP contribution in [0.2, 0.25) is 0 Å². The predicted octanol–water partition coefficient (Wildman–Crippen LogP) is 4.13. The lowest BCUT2D eigenvalue weighted by Gasteiger charge is -2.17. The van der Waals surface area contributed by atoms with E-state index in [1.54, 1.807) is 41.5 Å². The van der Waals surface area contributed by atoms with Gasteiger partial charge in [0.15, 0.2) is 0 Å². The molecule has 100 valence electrons. The van der Waals surface area contributed by atoms with Crippen molar-refractivity contribution in [2.45, 2.75) is 6.54 Å². The summed E-state index contributed by atoms with van der Waals surface area (Å²) in [7, 11) is 1.78. The van der Waals surface area contributed by atoms with Crippen molar-refractivity contribution in [2.75, 3.05) is 12.8 Å². The van der Waals surface area contributed by atoms with E-state index in [-0.39, 0.29) is 5.91 Å². The summed E-state index contributed by atoms with van der Waals surface area (Å²) >= 11 is 8.37. The van der Waals surface area contributed by atoms with E-state index in [0.29, 0.717) is 17.8 Å². The molecule has 0 radical (unpaired) electrons. The number of carbonyl (C=O) groups excluding carboxylic acids is 1. The average molecular weight is 404 g/mol. The standard InChI is InChI=1S/C13H12Br2N2OS/c1-17(6-8-2-12(15)19-7-8)13(18)9-3-10(14)5-11(16)4-9/h2-5,7H,6,16H2,1H3. The highest BCUT2D eigenvalue weighted by atomic mass is 79.9. The van der Waals surface area contributed by atoms with Crippen LogP contribution < -0.4 is 5.73 Å². The Labute approximate surface area is 132 Å². The summed E-state index contributed by atoms with van der Waals surface area (Å²) in [4.78, 5) is 14.0. The Morgan fingerprint density at radius 1 is 1.32 bits per heavy atom. The molecule has 0 aliphatic rings. The molecule has 0 aliphatic heterocycles. The Hall–Kier alpha value is -0.850. The van der Waals surface area contributed by atoms with Gasteiger partial charge in [0.2, 0.25) is 0 Å². The Morgan fingerprint density at radius 3 is 2.63 bits per heavy atom. The molecule has 0 bridgehead atoms. The number of nitrogen functional groups attached to an aromatic ring is 1.